The van der Waals surface area contributed by atoms with Crippen LogP contribution >= 0.6 is 0 Å². The molecular formula is C27H25N3O4. The number of anilines is 1. The van der Waals surface area contributed by atoms with Crippen molar-refractivity contribution in [3.05, 3.63) is 95.1 Å². The highest BCUT2D eigenvalue weighted by Crippen LogP contribution is 2.29. The van der Waals surface area contributed by atoms with E-state index in [1.54, 1.807) is 11.0 Å². The smallest absolute Gasteiger partial charge is 0.255 e. The molecule has 3 aromatic rings. The van der Waals surface area contributed by atoms with Crippen LogP contribution in [0.15, 0.2) is 72.8 Å². The van der Waals surface area contributed by atoms with Gasteiger partial charge in [0.2, 0.25) is 11.8 Å². The third-order valence-corrected chi connectivity index (χ3v) is 6.17. The van der Waals surface area contributed by atoms with Gasteiger partial charge in [-0.2, -0.15) is 0 Å². The highest BCUT2D eigenvalue weighted by atomic mass is 16.5. The molecule has 2 heterocycles. The quantitative estimate of drug-likeness (QED) is 0.531. The van der Waals surface area contributed by atoms with E-state index < -0.39 is 11.9 Å². The number of hydrogen-bond donors (Lipinski definition) is 2. The summed E-state index contributed by atoms with van der Waals surface area (Å²) in [4.78, 5) is 38.1. The fourth-order valence-corrected chi connectivity index (χ4v) is 4.37. The molecule has 0 spiro atoms. The molecule has 1 atom stereocenters. The van der Waals surface area contributed by atoms with Gasteiger partial charge in [-0.05, 0) is 53.4 Å². The van der Waals surface area contributed by atoms with E-state index in [9.17, 15) is 14.4 Å². The summed E-state index contributed by atoms with van der Waals surface area (Å²) in [6, 6.07) is 23.0. The Hall–Kier alpha value is -4.13. The predicted octanol–water partition coefficient (Wildman–Crippen LogP) is 3.64. The SMILES string of the molecule is O=C1CCC(N2Cc3cc(NCc4cccc(OCc5ccccc5)c4)ccc3C2=O)C(=O)N1. The molecule has 0 aromatic heterocycles. The van der Waals surface area contributed by atoms with Gasteiger partial charge < -0.3 is 15.0 Å². The van der Waals surface area contributed by atoms with Crippen molar-refractivity contribution < 1.29 is 19.1 Å². The third kappa shape index (κ3) is 4.64. The summed E-state index contributed by atoms with van der Waals surface area (Å²) >= 11 is 0. The Bertz CT molecular complexity index is 1240. The van der Waals surface area contributed by atoms with Gasteiger partial charge in [0.05, 0.1) is 0 Å². The Balaban J connectivity index is 1.21. The zero-order chi connectivity index (χ0) is 23.5. The number of amides is 3. The minimum Gasteiger partial charge on any atom is -0.489 e. The number of hydrogen-bond acceptors (Lipinski definition) is 5. The molecule has 5 rings (SSSR count). The molecule has 0 bridgehead atoms. The fraction of sp³-hybridized carbons (Fsp3) is 0.222. The molecule has 3 aromatic carbocycles. The molecule has 0 radical (unpaired) electrons. The van der Waals surface area contributed by atoms with Crippen molar-refractivity contribution in [1.29, 1.82) is 0 Å². The fourth-order valence-electron chi connectivity index (χ4n) is 4.37. The van der Waals surface area contributed by atoms with Gasteiger partial charge in [0.1, 0.15) is 18.4 Å². The maximum absolute atomic E-state index is 12.8. The second kappa shape index (κ2) is 9.39. The number of ether oxygens (including phenoxy) is 1. The third-order valence-electron chi connectivity index (χ3n) is 6.17. The first-order valence-electron chi connectivity index (χ1n) is 11.3. The van der Waals surface area contributed by atoms with E-state index in [-0.39, 0.29) is 18.2 Å². The zero-order valence-electron chi connectivity index (χ0n) is 18.6. The number of fused-ring (bicyclic) bond motifs is 1. The van der Waals surface area contributed by atoms with Crippen molar-refractivity contribution in [3.8, 4) is 5.75 Å². The molecule has 2 aliphatic rings. The van der Waals surface area contributed by atoms with Gasteiger partial charge >= 0.3 is 0 Å². The minimum absolute atomic E-state index is 0.167. The first-order valence-corrected chi connectivity index (χ1v) is 11.3. The number of nitrogens with zero attached hydrogens (tertiary/aromatic N) is 1. The predicted molar refractivity (Wildman–Crippen MR) is 127 cm³/mol. The van der Waals surface area contributed by atoms with Crippen LogP contribution in [0.3, 0.4) is 0 Å². The molecule has 2 aliphatic heterocycles. The van der Waals surface area contributed by atoms with Crippen molar-refractivity contribution in [2.24, 2.45) is 0 Å². The lowest BCUT2D eigenvalue weighted by Gasteiger charge is -2.29. The highest BCUT2D eigenvalue weighted by Gasteiger charge is 2.39. The molecule has 0 aliphatic carbocycles. The van der Waals surface area contributed by atoms with Gasteiger partial charge in [-0.25, -0.2) is 0 Å². The molecule has 172 valence electrons. The lowest BCUT2D eigenvalue weighted by molar-refractivity contribution is -0.136. The van der Waals surface area contributed by atoms with E-state index in [0.717, 1.165) is 28.1 Å². The largest absolute Gasteiger partial charge is 0.489 e. The van der Waals surface area contributed by atoms with Crippen molar-refractivity contribution in [3.63, 3.8) is 0 Å². The number of nitrogens with one attached hydrogen (secondary N) is 2. The molecule has 1 saturated heterocycles. The summed E-state index contributed by atoms with van der Waals surface area (Å²) in [5, 5.41) is 5.74. The van der Waals surface area contributed by atoms with E-state index in [2.05, 4.69) is 10.6 Å². The van der Waals surface area contributed by atoms with E-state index in [1.165, 1.54) is 0 Å². The maximum Gasteiger partial charge on any atom is 0.255 e. The second-order valence-electron chi connectivity index (χ2n) is 8.55. The number of imide groups is 1. The first-order chi connectivity index (χ1) is 16.6. The number of piperidine rings is 1. The van der Waals surface area contributed by atoms with Gasteiger partial charge in [0.25, 0.3) is 5.91 Å². The van der Waals surface area contributed by atoms with Gasteiger partial charge in [-0.3, -0.25) is 19.7 Å². The number of benzene rings is 3. The van der Waals surface area contributed by atoms with E-state index in [0.29, 0.717) is 31.7 Å². The summed E-state index contributed by atoms with van der Waals surface area (Å²) in [7, 11) is 0. The lowest BCUT2D eigenvalue weighted by atomic mass is 10.0. The second-order valence-corrected chi connectivity index (χ2v) is 8.55. The Morgan fingerprint density at radius 3 is 2.59 bits per heavy atom. The molecule has 0 saturated carbocycles. The Morgan fingerprint density at radius 1 is 0.941 bits per heavy atom. The van der Waals surface area contributed by atoms with Crippen LogP contribution in [0.1, 0.15) is 39.9 Å². The number of carbonyl (C=O) groups is 3. The first kappa shape index (κ1) is 21.7. The molecule has 1 fully saturated rings. The Kier molecular flexibility index (Phi) is 5.99. The van der Waals surface area contributed by atoms with Crippen LogP contribution in [-0.2, 0) is 29.3 Å². The van der Waals surface area contributed by atoms with Crippen LogP contribution in [0.2, 0.25) is 0 Å². The highest BCUT2D eigenvalue weighted by molar-refractivity contribution is 6.05. The van der Waals surface area contributed by atoms with Crippen LogP contribution < -0.4 is 15.4 Å². The monoisotopic (exact) mass is 455 g/mol. The summed E-state index contributed by atoms with van der Waals surface area (Å²) < 4.78 is 5.92. The summed E-state index contributed by atoms with van der Waals surface area (Å²) in [6.07, 6.45) is 0.607. The lowest BCUT2D eigenvalue weighted by Crippen LogP contribution is -2.52. The van der Waals surface area contributed by atoms with Crippen molar-refractivity contribution >= 4 is 23.4 Å². The summed E-state index contributed by atoms with van der Waals surface area (Å²) in [5.41, 5.74) is 4.57. The van der Waals surface area contributed by atoms with Crippen LogP contribution in [0.5, 0.6) is 5.75 Å². The minimum atomic E-state index is -0.604. The van der Waals surface area contributed by atoms with Crippen LogP contribution in [0.25, 0.3) is 0 Å². The van der Waals surface area contributed by atoms with Gasteiger partial charge in [0, 0.05) is 30.8 Å². The number of carbonyl (C=O) groups excluding carboxylic acids is 3. The van der Waals surface area contributed by atoms with Gasteiger partial charge in [-0.15, -0.1) is 0 Å². The van der Waals surface area contributed by atoms with Crippen molar-refractivity contribution in [2.75, 3.05) is 5.32 Å². The van der Waals surface area contributed by atoms with Crippen molar-refractivity contribution in [1.82, 2.24) is 10.2 Å². The topological polar surface area (TPSA) is 87.7 Å². The Labute approximate surface area is 197 Å². The normalized spacial score (nSPS) is 17.4. The van der Waals surface area contributed by atoms with Crippen LogP contribution in [0.4, 0.5) is 5.69 Å². The van der Waals surface area contributed by atoms with Crippen LogP contribution in [-0.4, -0.2) is 28.7 Å². The molecule has 7 heteroatoms. The number of rotatable bonds is 7. The molecule has 2 N–H and O–H groups in total. The molecule has 1 unspecified atom stereocenters. The molecule has 34 heavy (non-hydrogen) atoms. The average molecular weight is 456 g/mol. The van der Waals surface area contributed by atoms with Crippen molar-refractivity contribution in [2.45, 2.75) is 38.6 Å². The maximum atomic E-state index is 12.8. The summed E-state index contributed by atoms with van der Waals surface area (Å²) in [5.74, 6) is -0.0431. The standard InChI is InChI=1S/C27H25N3O4/c31-25-12-11-24(26(32)29-25)30-16-20-14-21(9-10-23(20)27(30)33)28-15-19-7-4-8-22(13-19)34-17-18-5-2-1-3-6-18/h1-10,13-14,24,28H,11-12,15-17H2,(H,29,31,32). The molecule has 7 nitrogen and oxygen atoms in total. The van der Waals surface area contributed by atoms with E-state index >= 15 is 0 Å². The molecule has 3 amide bonds. The van der Waals surface area contributed by atoms with E-state index in [1.807, 2.05) is 66.7 Å². The Morgan fingerprint density at radius 2 is 1.76 bits per heavy atom. The van der Waals surface area contributed by atoms with E-state index in [4.69, 9.17) is 4.74 Å². The van der Waals surface area contributed by atoms with Gasteiger partial charge in [0.15, 0.2) is 0 Å². The zero-order valence-corrected chi connectivity index (χ0v) is 18.6. The van der Waals surface area contributed by atoms with Gasteiger partial charge in [-0.1, -0.05) is 42.5 Å². The van der Waals surface area contributed by atoms with Crippen LogP contribution in [0, 0.1) is 0 Å². The summed E-state index contributed by atoms with van der Waals surface area (Å²) in [6.45, 7) is 1.48. The average Bonchev–Trinajstić information content (AvgIpc) is 3.18. The molecular weight excluding hydrogens is 430 g/mol.